The van der Waals surface area contributed by atoms with Crippen LogP contribution >= 0.6 is 23.2 Å². The van der Waals surface area contributed by atoms with Gasteiger partial charge in [0.1, 0.15) is 23.5 Å². The molecule has 0 atom stereocenters. The lowest BCUT2D eigenvalue weighted by Crippen LogP contribution is -2.14. The molecule has 0 saturated heterocycles. The molecule has 2 aromatic rings. The lowest BCUT2D eigenvalue weighted by Gasteiger charge is -2.20. The summed E-state index contributed by atoms with van der Waals surface area (Å²) in [5.74, 6) is 0.739. The third-order valence-electron chi connectivity index (χ3n) is 4.45. The van der Waals surface area contributed by atoms with Crippen LogP contribution in [0.3, 0.4) is 0 Å². The Balaban J connectivity index is 1.68. The van der Waals surface area contributed by atoms with E-state index in [0.717, 1.165) is 54.0 Å². The molecule has 0 amide bonds. The molecule has 2 aromatic carbocycles. The minimum Gasteiger partial charge on any atom is -0.489 e. The molecule has 8 heteroatoms. The Morgan fingerprint density at radius 2 is 1.83 bits per heavy atom. The molecule has 0 bridgehead atoms. The van der Waals surface area contributed by atoms with Crippen molar-refractivity contribution in [3.63, 3.8) is 0 Å². The van der Waals surface area contributed by atoms with Gasteiger partial charge in [-0.05, 0) is 49.1 Å². The highest BCUT2D eigenvalue weighted by atomic mass is 35.5. The maximum absolute atomic E-state index is 12.6. The van der Waals surface area contributed by atoms with E-state index in [1.54, 1.807) is 6.08 Å². The summed E-state index contributed by atoms with van der Waals surface area (Å²) in [6, 6.07) is 10.5. The quantitative estimate of drug-likeness (QED) is 0.467. The predicted octanol–water partition coefficient (Wildman–Crippen LogP) is 6.66. The SMILES string of the molecule is FC(F)(F)c1ccc(CO/N=C2\CCCc3c(OCC=C(Cl)Cl)cccc32)cc1. The highest BCUT2D eigenvalue weighted by molar-refractivity contribution is 6.55. The number of fused-ring (bicyclic) bond motifs is 1. The number of benzene rings is 2. The second-order valence-electron chi connectivity index (χ2n) is 6.45. The van der Waals surface area contributed by atoms with Gasteiger partial charge in [0.15, 0.2) is 0 Å². The second-order valence-corrected chi connectivity index (χ2v) is 7.45. The smallest absolute Gasteiger partial charge is 0.416 e. The molecule has 0 unspecified atom stereocenters. The van der Waals surface area contributed by atoms with Gasteiger partial charge in [0, 0.05) is 11.1 Å². The van der Waals surface area contributed by atoms with Crippen molar-refractivity contribution in [2.24, 2.45) is 5.16 Å². The minimum absolute atomic E-state index is 0.0895. The van der Waals surface area contributed by atoms with E-state index in [1.165, 1.54) is 12.1 Å². The van der Waals surface area contributed by atoms with Gasteiger partial charge in [0.25, 0.3) is 0 Å². The van der Waals surface area contributed by atoms with Gasteiger partial charge in [-0.25, -0.2) is 0 Å². The van der Waals surface area contributed by atoms with Crippen LogP contribution in [-0.2, 0) is 24.0 Å². The number of halogens is 5. The average Bonchev–Trinajstić information content (AvgIpc) is 2.68. The standard InChI is InChI=1S/C21H18Cl2F3NO2/c22-20(23)11-12-28-19-6-2-3-16-17(19)4-1-5-18(16)27-29-13-14-7-9-15(10-8-14)21(24,25)26/h2-3,6-11H,1,4-5,12-13H2/b27-18+. The molecule has 0 aliphatic heterocycles. The first kappa shape index (κ1) is 21.5. The number of rotatable bonds is 6. The molecule has 0 aromatic heterocycles. The summed E-state index contributed by atoms with van der Waals surface area (Å²) in [4.78, 5) is 5.42. The zero-order valence-electron chi connectivity index (χ0n) is 15.3. The van der Waals surface area contributed by atoms with Gasteiger partial charge < -0.3 is 9.57 Å². The molecule has 0 saturated carbocycles. The summed E-state index contributed by atoms with van der Waals surface area (Å²) in [6.45, 7) is 0.349. The number of hydrogen-bond donors (Lipinski definition) is 0. The van der Waals surface area contributed by atoms with Crippen molar-refractivity contribution in [1.82, 2.24) is 0 Å². The van der Waals surface area contributed by atoms with Crippen molar-refractivity contribution in [2.45, 2.75) is 32.0 Å². The molecule has 0 spiro atoms. The van der Waals surface area contributed by atoms with Crippen molar-refractivity contribution in [2.75, 3.05) is 6.61 Å². The maximum Gasteiger partial charge on any atom is 0.416 e. The minimum atomic E-state index is -4.35. The fraction of sp³-hybridized carbons (Fsp3) is 0.286. The lowest BCUT2D eigenvalue weighted by atomic mass is 9.89. The van der Waals surface area contributed by atoms with Crippen LogP contribution in [0.2, 0.25) is 0 Å². The van der Waals surface area contributed by atoms with E-state index in [9.17, 15) is 13.2 Å². The van der Waals surface area contributed by atoms with E-state index in [2.05, 4.69) is 5.16 Å². The van der Waals surface area contributed by atoms with Crippen molar-refractivity contribution >= 4 is 28.9 Å². The van der Waals surface area contributed by atoms with Gasteiger partial charge in [-0.2, -0.15) is 13.2 Å². The summed E-state index contributed by atoms with van der Waals surface area (Å²) in [5, 5.41) is 4.23. The second kappa shape index (κ2) is 9.55. The van der Waals surface area contributed by atoms with E-state index < -0.39 is 11.7 Å². The zero-order chi connectivity index (χ0) is 20.9. The van der Waals surface area contributed by atoms with E-state index in [4.69, 9.17) is 32.8 Å². The van der Waals surface area contributed by atoms with E-state index in [1.807, 2.05) is 18.2 Å². The highest BCUT2D eigenvalue weighted by Gasteiger charge is 2.29. The topological polar surface area (TPSA) is 30.8 Å². The van der Waals surface area contributed by atoms with Crippen LogP contribution in [-0.4, -0.2) is 12.3 Å². The Morgan fingerprint density at radius 3 is 2.52 bits per heavy atom. The number of alkyl halides is 3. The molecular weight excluding hydrogens is 426 g/mol. The summed E-state index contributed by atoms with van der Waals surface area (Å²) < 4.78 is 43.8. The Bertz CT molecular complexity index is 905. The summed E-state index contributed by atoms with van der Waals surface area (Å²) >= 11 is 11.2. The third kappa shape index (κ3) is 5.90. The van der Waals surface area contributed by atoms with Crippen LogP contribution in [0.1, 0.15) is 35.1 Å². The third-order valence-corrected chi connectivity index (χ3v) is 4.76. The first-order valence-corrected chi connectivity index (χ1v) is 9.71. The lowest BCUT2D eigenvalue weighted by molar-refractivity contribution is -0.137. The Kier molecular flexibility index (Phi) is 7.09. The van der Waals surface area contributed by atoms with Crippen molar-refractivity contribution < 1.29 is 22.7 Å². The normalized spacial score (nSPS) is 15.0. The Labute approximate surface area is 176 Å². The van der Waals surface area contributed by atoms with Gasteiger partial charge in [-0.3, -0.25) is 0 Å². The van der Waals surface area contributed by atoms with Crippen molar-refractivity contribution in [3.05, 3.63) is 75.3 Å². The van der Waals surface area contributed by atoms with Crippen LogP contribution in [0, 0.1) is 0 Å². The molecule has 3 rings (SSSR count). The Morgan fingerprint density at radius 1 is 1.07 bits per heavy atom. The van der Waals surface area contributed by atoms with Crippen LogP contribution in [0.25, 0.3) is 0 Å². The molecule has 0 fully saturated rings. The molecule has 3 nitrogen and oxygen atoms in total. The molecule has 1 aliphatic carbocycles. The fourth-order valence-electron chi connectivity index (χ4n) is 3.06. The predicted molar refractivity (Wildman–Crippen MR) is 107 cm³/mol. The van der Waals surface area contributed by atoms with E-state index in [0.29, 0.717) is 5.56 Å². The highest BCUT2D eigenvalue weighted by Crippen LogP contribution is 2.31. The summed E-state index contributed by atoms with van der Waals surface area (Å²) in [5.41, 5.74) is 2.69. The van der Waals surface area contributed by atoms with Gasteiger partial charge in [0.2, 0.25) is 0 Å². The first-order valence-electron chi connectivity index (χ1n) is 8.96. The molecule has 0 radical (unpaired) electrons. The molecule has 29 heavy (non-hydrogen) atoms. The number of hydrogen-bond acceptors (Lipinski definition) is 3. The van der Waals surface area contributed by atoms with Gasteiger partial charge in [-0.1, -0.05) is 52.6 Å². The molecule has 0 N–H and O–H groups in total. The average molecular weight is 444 g/mol. The zero-order valence-corrected chi connectivity index (χ0v) is 16.8. The maximum atomic E-state index is 12.6. The first-order chi connectivity index (χ1) is 13.8. The van der Waals surface area contributed by atoms with Gasteiger partial charge in [-0.15, -0.1) is 0 Å². The molecule has 0 heterocycles. The van der Waals surface area contributed by atoms with Crippen LogP contribution in [0.15, 0.2) is 58.2 Å². The largest absolute Gasteiger partial charge is 0.489 e. The summed E-state index contributed by atoms with van der Waals surface area (Å²) in [7, 11) is 0. The van der Waals surface area contributed by atoms with E-state index in [-0.39, 0.29) is 17.7 Å². The molecular formula is C21H18Cl2F3NO2. The number of nitrogens with zero attached hydrogens (tertiary/aromatic N) is 1. The fourth-order valence-corrected chi connectivity index (χ4v) is 3.19. The number of ether oxygens (including phenoxy) is 1. The molecule has 1 aliphatic rings. The monoisotopic (exact) mass is 443 g/mol. The van der Waals surface area contributed by atoms with Gasteiger partial charge in [0.05, 0.1) is 11.3 Å². The Hall–Kier alpha value is -2.18. The van der Waals surface area contributed by atoms with Crippen molar-refractivity contribution in [3.8, 4) is 5.75 Å². The van der Waals surface area contributed by atoms with Crippen LogP contribution in [0.5, 0.6) is 5.75 Å². The molecule has 154 valence electrons. The van der Waals surface area contributed by atoms with Crippen LogP contribution in [0.4, 0.5) is 13.2 Å². The number of oxime groups is 1. The van der Waals surface area contributed by atoms with Crippen molar-refractivity contribution in [1.29, 1.82) is 0 Å². The summed E-state index contributed by atoms with van der Waals surface area (Å²) in [6.07, 6.45) is -0.301. The van der Waals surface area contributed by atoms with Gasteiger partial charge >= 0.3 is 6.18 Å². The van der Waals surface area contributed by atoms with E-state index >= 15 is 0 Å². The van der Waals surface area contributed by atoms with Crippen LogP contribution < -0.4 is 4.74 Å².